The van der Waals surface area contributed by atoms with Crippen LogP contribution in [0.25, 0.3) is 0 Å². The van der Waals surface area contributed by atoms with Crippen LogP contribution in [0, 0.1) is 24.0 Å². The van der Waals surface area contributed by atoms with Gasteiger partial charge in [0.15, 0.2) is 5.75 Å². The van der Waals surface area contributed by atoms with Gasteiger partial charge in [0.05, 0.1) is 16.7 Å². The zero-order chi connectivity index (χ0) is 15.7. The van der Waals surface area contributed by atoms with Crippen molar-refractivity contribution >= 4 is 5.69 Å². The average molecular weight is 291 g/mol. The van der Waals surface area contributed by atoms with Crippen molar-refractivity contribution in [1.82, 2.24) is 9.78 Å². The van der Waals surface area contributed by atoms with Gasteiger partial charge in [-0.1, -0.05) is 6.07 Å². The lowest BCUT2D eigenvalue weighted by Crippen LogP contribution is -1.98. The molecule has 1 aromatic carbocycles. The number of aliphatic hydroxyl groups excluding tert-OH is 1. The van der Waals surface area contributed by atoms with Gasteiger partial charge in [-0.25, -0.2) is 0 Å². The third kappa shape index (κ3) is 2.87. The van der Waals surface area contributed by atoms with Gasteiger partial charge in [0, 0.05) is 13.1 Å². The molecular formula is C14H17N3O4. The van der Waals surface area contributed by atoms with E-state index in [1.54, 1.807) is 31.6 Å². The molecular weight excluding hydrogens is 274 g/mol. The standard InChI is InChI=1S/C14H17N3O4/c1-8-14(9(2)16(4)15-8)21-13-6-5-11(10(3)18)7-12(13)17(19)20/h5-7,10,18H,1-4H3. The number of nitro benzene ring substituents is 1. The summed E-state index contributed by atoms with van der Waals surface area (Å²) in [6.45, 7) is 5.15. The molecule has 2 aromatic rings. The van der Waals surface area contributed by atoms with E-state index >= 15 is 0 Å². The maximum absolute atomic E-state index is 11.2. The maximum atomic E-state index is 11.2. The fourth-order valence-corrected chi connectivity index (χ4v) is 2.04. The minimum absolute atomic E-state index is 0.128. The Kier molecular flexibility index (Phi) is 3.95. The Balaban J connectivity index is 2.46. The van der Waals surface area contributed by atoms with Crippen molar-refractivity contribution in [3.63, 3.8) is 0 Å². The van der Waals surface area contributed by atoms with E-state index in [0.29, 0.717) is 17.0 Å². The molecule has 1 heterocycles. The summed E-state index contributed by atoms with van der Waals surface area (Å²) in [6, 6.07) is 4.42. The molecule has 0 aliphatic carbocycles. The van der Waals surface area contributed by atoms with E-state index < -0.39 is 11.0 Å². The average Bonchev–Trinajstić information content (AvgIpc) is 2.65. The van der Waals surface area contributed by atoms with Crippen molar-refractivity contribution in [1.29, 1.82) is 0 Å². The molecule has 0 spiro atoms. The molecule has 7 nitrogen and oxygen atoms in total. The van der Waals surface area contributed by atoms with E-state index in [2.05, 4.69) is 5.10 Å². The lowest BCUT2D eigenvalue weighted by Gasteiger charge is -2.09. The van der Waals surface area contributed by atoms with Crippen LogP contribution in [0.2, 0.25) is 0 Å². The molecule has 0 amide bonds. The number of aryl methyl sites for hydroxylation is 2. The summed E-state index contributed by atoms with van der Waals surface area (Å²) in [5.74, 6) is 0.633. The van der Waals surface area contributed by atoms with Gasteiger partial charge < -0.3 is 9.84 Å². The van der Waals surface area contributed by atoms with Crippen LogP contribution in [-0.2, 0) is 7.05 Å². The van der Waals surface area contributed by atoms with E-state index in [0.717, 1.165) is 5.69 Å². The first-order chi connectivity index (χ1) is 9.81. The number of ether oxygens (including phenoxy) is 1. The summed E-state index contributed by atoms with van der Waals surface area (Å²) in [5, 5.41) is 24.9. The third-order valence-electron chi connectivity index (χ3n) is 3.32. The molecule has 0 radical (unpaired) electrons. The molecule has 0 aliphatic heterocycles. The number of aliphatic hydroxyl groups is 1. The molecule has 1 aromatic heterocycles. The lowest BCUT2D eigenvalue weighted by molar-refractivity contribution is -0.385. The molecule has 1 N–H and O–H groups in total. The summed E-state index contributed by atoms with van der Waals surface area (Å²) >= 11 is 0. The highest BCUT2D eigenvalue weighted by atomic mass is 16.6. The molecule has 7 heteroatoms. The lowest BCUT2D eigenvalue weighted by atomic mass is 10.1. The first-order valence-corrected chi connectivity index (χ1v) is 6.45. The highest BCUT2D eigenvalue weighted by Crippen LogP contribution is 2.35. The SMILES string of the molecule is Cc1nn(C)c(C)c1Oc1ccc(C(C)O)cc1[N+](=O)[O-]. The predicted octanol–water partition coefficient (Wildman–Crippen LogP) is 2.79. The molecule has 2 rings (SSSR count). The van der Waals surface area contributed by atoms with Crippen molar-refractivity contribution in [3.05, 3.63) is 45.3 Å². The summed E-state index contributed by atoms with van der Waals surface area (Å²) in [7, 11) is 1.78. The first kappa shape index (κ1) is 15.0. The molecule has 21 heavy (non-hydrogen) atoms. The number of rotatable bonds is 4. The van der Waals surface area contributed by atoms with Gasteiger partial charge in [-0.05, 0) is 32.4 Å². The topological polar surface area (TPSA) is 90.4 Å². The second-order valence-electron chi connectivity index (χ2n) is 4.89. The van der Waals surface area contributed by atoms with Gasteiger partial charge >= 0.3 is 5.69 Å². The van der Waals surface area contributed by atoms with Gasteiger partial charge in [0.1, 0.15) is 5.69 Å². The first-order valence-electron chi connectivity index (χ1n) is 6.45. The molecule has 0 fully saturated rings. The van der Waals surface area contributed by atoms with Crippen LogP contribution in [0.3, 0.4) is 0 Å². The fourth-order valence-electron chi connectivity index (χ4n) is 2.04. The van der Waals surface area contributed by atoms with Crippen LogP contribution in [0.15, 0.2) is 18.2 Å². The Morgan fingerprint density at radius 1 is 1.43 bits per heavy atom. The predicted molar refractivity (Wildman–Crippen MR) is 76.5 cm³/mol. The number of aromatic nitrogens is 2. The number of hydrogen-bond acceptors (Lipinski definition) is 5. The van der Waals surface area contributed by atoms with Crippen LogP contribution in [0.4, 0.5) is 5.69 Å². The molecule has 1 atom stereocenters. The van der Waals surface area contributed by atoms with Crippen molar-refractivity contribution in [2.24, 2.45) is 7.05 Å². The minimum atomic E-state index is -0.778. The van der Waals surface area contributed by atoms with E-state index in [1.807, 2.05) is 6.92 Å². The second kappa shape index (κ2) is 5.53. The summed E-state index contributed by atoms with van der Waals surface area (Å²) in [5.41, 5.74) is 1.72. The van der Waals surface area contributed by atoms with Crippen LogP contribution < -0.4 is 4.74 Å². The molecule has 0 saturated heterocycles. The van der Waals surface area contributed by atoms with Crippen molar-refractivity contribution in [2.75, 3.05) is 0 Å². The zero-order valence-corrected chi connectivity index (χ0v) is 12.3. The quantitative estimate of drug-likeness (QED) is 0.691. The zero-order valence-electron chi connectivity index (χ0n) is 12.3. The van der Waals surface area contributed by atoms with Crippen molar-refractivity contribution in [3.8, 4) is 11.5 Å². The van der Waals surface area contributed by atoms with Gasteiger partial charge in [0.25, 0.3) is 0 Å². The van der Waals surface area contributed by atoms with Crippen LogP contribution in [-0.4, -0.2) is 19.8 Å². The Morgan fingerprint density at radius 3 is 2.57 bits per heavy atom. The Labute approximate surface area is 121 Å². The van der Waals surface area contributed by atoms with Gasteiger partial charge in [-0.15, -0.1) is 0 Å². The van der Waals surface area contributed by atoms with Crippen LogP contribution in [0.5, 0.6) is 11.5 Å². The van der Waals surface area contributed by atoms with Crippen LogP contribution in [0.1, 0.15) is 30.0 Å². The molecule has 0 saturated carbocycles. The molecule has 1 unspecified atom stereocenters. The van der Waals surface area contributed by atoms with Gasteiger partial charge in [-0.3, -0.25) is 14.8 Å². The summed E-state index contributed by atoms with van der Waals surface area (Å²) in [4.78, 5) is 10.7. The molecule has 0 aliphatic rings. The maximum Gasteiger partial charge on any atom is 0.311 e. The van der Waals surface area contributed by atoms with Gasteiger partial charge in [0.2, 0.25) is 5.75 Å². The smallest absolute Gasteiger partial charge is 0.311 e. The third-order valence-corrected chi connectivity index (χ3v) is 3.32. The monoisotopic (exact) mass is 291 g/mol. The normalized spacial score (nSPS) is 12.2. The Hall–Kier alpha value is -2.41. The van der Waals surface area contributed by atoms with E-state index in [9.17, 15) is 15.2 Å². The summed E-state index contributed by atoms with van der Waals surface area (Å²) in [6.07, 6.45) is -0.778. The number of nitro groups is 1. The number of nitrogens with zero attached hydrogens (tertiary/aromatic N) is 3. The van der Waals surface area contributed by atoms with E-state index in [1.165, 1.54) is 12.1 Å². The van der Waals surface area contributed by atoms with E-state index in [4.69, 9.17) is 4.74 Å². The highest BCUT2D eigenvalue weighted by Gasteiger charge is 2.21. The second-order valence-corrected chi connectivity index (χ2v) is 4.89. The number of benzene rings is 1. The Bertz CT molecular complexity index is 692. The van der Waals surface area contributed by atoms with Gasteiger partial charge in [-0.2, -0.15) is 5.10 Å². The van der Waals surface area contributed by atoms with Crippen molar-refractivity contribution < 1.29 is 14.8 Å². The molecule has 0 bridgehead atoms. The van der Waals surface area contributed by atoms with E-state index in [-0.39, 0.29) is 11.4 Å². The molecule has 112 valence electrons. The van der Waals surface area contributed by atoms with Crippen molar-refractivity contribution in [2.45, 2.75) is 26.9 Å². The highest BCUT2D eigenvalue weighted by molar-refractivity contribution is 5.52. The minimum Gasteiger partial charge on any atom is -0.446 e. The Morgan fingerprint density at radius 2 is 2.10 bits per heavy atom. The largest absolute Gasteiger partial charge is 0.446 e. The van der Waals surface area contributed by atoms with Crippen LogP contribution >= 0.6 is 0 Å². The fraction of sp³-hybridized carbons (Fsp3) is 0.357. The number of hydrogen-bond donors (Lipinski definition) is 1. The summed E-state index contributed by atoms with van der Waals surface area (Å²) < 4.78 is 7.33.